The van der Waals surface area contributed by atoms with Crippen LogP contribution < -0.4 is 15.4 Å². The predicted molar refractivity (Wildman–Crippen MR) is 121 cm³/mol. The van der Waals surface area contributed by atoms with Crippen LogP contribution in [0.1, 0.15) is 42.1 Å². The van der Waals surface area contributed by atoms with Crippen LogP contribution in [0.4, 0.5) is 0 Å². The second-order valence-corrected chi connectivity index (χ2v) is 8.35. The molecule has 0 bridgehead atoms. The number of ether oxygens (including phenoxy) is 1. The molecule has 6 nitrogen and oxygen atoms in total. The van der Waals surface area contributed by atoms with Crippen LogP contribution in [0.3, 0.4) is 0 Å². The molecule has 1 aromatic carbocycles. The second-order valence-electron chi connectivity index (χ2n) is 7.29. The third-order valence-electron chi connectivity index (χ3n) is 5.17. The quantitative estimate of drug-likeness (QED) is 0.486. The number of aryl methyl sites for hydroxylation is 1. The lowest BCUT2D eigenvalue weighted by molar-refractivity contribution is 0.251. The van der Waals surface area contributed by atoms with E-state index in [0.29, 0.717) is 0 Å². The zero-order valence-electron chi connectivity index (χ0n) is 17.8. The van der Waals surface area contributed by atoms with Gasteiger partial charge in [-0.05, 0) is 57.5 Å². The zero-order chi connectivity index (χ0) is 20.5. The number of thiazole rings is 1. The molecular formula is C22H33N5OS. The molecule has 1 saturated heterocycles. The number of likely N-dealkylation sites (tertiary alicyclic amines) is 1. The van der Waals surface area contributed by atoms with Crippen LogP contribution in [-0.2, 0) is 6.42 Å². The Morgan fingerprint density at radius 1 is 1.31 bits per heavy atom. The van der Waals surface area contributed by atoms with Crippen molar-refractivity contribution in [3.05, 3.63) is 45.9 Å². The third kappa shape index (κ3) is 6.44. The minimum absolute atomic E-state index is 0.268. The molecule has 1 unspecified atom stereocenters. The number of aliphatic imine (C=N–C) groups is 1. The highest BCUT2D eigenvalue weighted by molar-refractivity contribution is 7.09. The van der Waals surface area contributed by atoms with Crippen molar-refractivity contribution in [2.75, 3.05) is 39.8 Å². The summed E-state index contributed by atoms with van der Waals surface area (Å²) >= 11 is 1.70. The summed E-state index contributed by atoms with van der Waals surface area (Å²) in [7, 11) is 1.72. The Morgan fingerprint density at radius 2 is 2.14 bits per heavy atom. The highest BCUT2D eigenvalue weighted by Gasteiger charge is 2.23. The lowest BCUT2D eigenvalue weighted by atomic mass is 10.1. The smallest absolute Gasteiger partial charge is 0.191 e. The van der Waals surface area contributed by atoms with Gasteiger partial charge in [0.2, 0.25) is 0 Å². The predicted octanol–water partition coefficient (Wildman–Crippen LogP) is 3.39. The van der Waals surface area contributed by atoms with E-state index in [-0.39, 0.29) is 6.04 Å². The molecule has 0 spiro atoms. The number of hydrogen-bond acceptors (Lipinski definition) is 5. The second kappa shape index (κ2) is 11.2. The van der Waals surface area contributed by atoms with Gasteiger partial charge in [-0.1, -0.05) is 12.1 Å². The van der Waals surface area contributed by atoms with Gasteiger partial charge in [0.25, 0.3) is 0 Å². The first-order chi connectivity index (χ1) is 14.2. The van der Waals surface area contributed by atoms with Crippen LogP contribution in [0, 0.1) is 6.92 Å². The molecule has 1 aromatic heterocycles. The van der Waals surface area contributed by atoms with E-state index in [0.717, 1.165) is 61.6 Å². The lowest BCUT2D eigenvalue weighted by Gasteiger charge is -2.27. The molecule has 1 aliphatic rings. The zero-order valence-corrected chi connectivity index (χ0v) is 18.6. The van der Waals surface area contributed by atoms with E-state index >= 15 is 0 Å². The van der Waals surface area contributed by atoms with Crippen molar-refractivity contribution in [1.29, 1.82) is 0 Å². The van der Waals surface area contributed by atoms with Crippen LogP contribution in [-0.4, -0.2) is 55.7 Å². The van der Waals surface area contributed by atoms with Crippen LogP contribution in [0.15, 0.2) is 34.6 Å². The maximum atomic E-state index is 5.44. The van der Waals surface area contributed by atoms with Gasteiger partial charge >= 0.3 is 0 Å². The van der Waals surface area contributed by atoms with Crippen molar-refractivity contribution >= 4 is 17.3 Å². The Kier molecular flexibility index (Phi) is 8.31. The molecule has 1 aliphatic heterocycles. The topological polar surface area (TPSA) is 61.8 Å². The third-order valence-corrected chi connectivity index (χ3v) is 5.99. The van der Waals surface area contributed by atoms with Gasteiger partial charge in [-0.25, -0.2) is 4.98 Å². The van der Waals surface area contributed by atoms with Gasteiger partial charge in [0.1, 0.15) is 5.75 Å². The SMILES string of the molecule is CCNC(=NCC(c1cccc(OC)c1)N1CCCC1)NCCc1csc(C)n1. The Morgan fingerprint density at radius 3 is 2.83 bits per heavy atom. The number of guanidine groups is 1. The van der Waals surface area contributed by atoms with E-state index in [1.807, 2.05) is 13.0 Å². The van der Waals surface area contributed by atoms with Gasteiger partial charge < -0.3 is 15.4 Å². The fourth-order valence-electron chi connectivity index (χ4n) is 3.69. The molecule has 1 atom stereocenters. The van der Waals surface area contributed by atoms with Crippen molar-refractivity contribution in [3.63, 3.8) is 0 Å². The van der Waals surface area contributed by atoms with E-state index in [9.17, 15) is 0 Å². The summed E-state index contributed by atoms with van der Waals surface area (Å²) in [6.45, 7) is 8.79. The molecule has 1 fully saturated rings. The maximum Gasteiger partial charge on any atom is 0.191 e. The molecule has 29 heavy (non-hydrogen) atoms. The van der Waals surface area contributed by atoms with Crippen LogP contribution >= 0.6 is 11.3 Å². The number of rotatable bonds is 9. The largest absolute Gasteiger partial charge is 0.497 e. The van der Waals surface area contributed by atoms with Crippen molar-refractivity contribution in [1.82, 2.24) is 20.5 Å². The fraction of sp³-hybridized carbons (Fsp3) is 0.545. The summed E-state index contributed by atoms with van der Waals surface area (Å²) in [6.07, 6.45) is 3.42. The van der Waals surface area contributed by atoms with E-state index in [1.54, 1.807) is 18.4 Å². The summed E-state index contributed by atoms with van der Waals surface area (Å²) in [5.41, 5.74) is 2.41. The van der Waals surface area contributed by atoms with Gasteiger partial charge in [-0.2, -0.15) is 0 Å². The van der Waals surface area contributed by atoms with Crippen LogP contribution in [0.2, 0.25) is 0 Å². The summed E-state index contributed by atoms with van der Waals surface area (Å²) < 4.78 is 5.44. The molecule has 0 aliphatic carbocycles. The number of methoxy groups -OCH3 is 1. The Hall–Kier alpha value is -2.12. The maximum absolute atomic E-state index is 5.44. The van der Waals surface area contributed by atoms with Crippen LogP contribution in [0.5, 0.6) is 5.75 Å². The molecule has 2 N–H and O–H groups in total. The summed E-state index contributed by atoms with van der Waals surface area (Å²) in [5, 5.41) is 10.1. The molecule has 3 rings (SSSR count). The van der Waals surface area contributed by atoms with Crippen LogP contribution in [0.25, 0.3) is 0 Å². The minimum atomic E-state index is 0.268. The van der Waals surface area contributed by atoms with Crippen molar-refractivity contribution < 1.29 is 4.74 Å². The molecule has 0 radical (unpaired) electrons. The van der Waals surface area contributed by atoms with Crippen molar-refractivity contribution in [3.8, 4) is 5.75 Å². The Labute approximate surface area is 178 Å². The lowest BCUT2D eigenvalue weighted by Crippen LogP contribution is -2.39. The highest BCUT2D eigenvalue weighted by atomic mass is 32.1. The summed E-state index contributed by atoms with van der Waals surface area (Å²) in [6, 6.07) is 8.67. The van der Waals surface area contributed by atoms with Gasteiger partial charge in [-0.3, -0.25) is 9.89 Å². The van der Waals surface area contributed by atoms with Crippen molar-refractivity contribution in [2.24, 2.45) is 4.99 Å². The number of hydrogen-bond donors (Lipinski definition) is 2. The first-order valence-corrected chi connectivity index (χ1v) is 11.4. The Balaban J connectivity index is 1.66. The Bertz CT molecular complexity index is 785. The standard InChI is InChI=1S/C22H33N5OS/c1-4-23-22(24-11-10-19-16-29-17(2)26-19)25-15-21(27-12-5-6-13-27)18-8-7-9-20(14-18)28-3/h7-9,14,16,21H,4-6,10-13,15H2,1-3H3,(H2,23,24,25). The first-order valence-electron chi connectivity index (χ1n) is 10.5. The fourth-order valence-corrected chi connectivity index (χ4v) is 4.33. The normalized spacial score (nSPS) is 16.0. The molecule has 2 aromatic rings. The first kappa shape index (κ1) is 21.6. The number of nitrogens with one attached hydrogen (secondary N) is 2. The van der Waals surface area contributed by atoms with Gasteiger partial charge in [0.15, 0.2) is 5.96 Å². The van der Waals surface area contributed by atoms with E-state index in [1.165, 1.54) is 18.4 Å². The molecule has 7 heteroatoms. The molecule has 0 saturated carbocycles. The van der Waals surface area contributed by atoms with Gasteiger partial charge in [0, 0.05) is 24.9 Å². The number of benzene rings is 1. The summed E-state index contributed by atoms with van der Waals surface area (Å²) in [5.74, 6) is 1.77. The molecular weight excluding hydrogens is 382 g/mol. The average molecular weight is 416 g/mol. The molecule has 158 valence electrons. The minimum Gasteiger partial charge on any atom is -0.497 e. The number of aromatic nitrogens is 1. The van der Waals surface area contributed by atoms with Gasteiger partial charge in [-0.15, -0.1) is 11.3 Å². The molecule has 2 heterocycles. The van der Waals surface area contributed by atoms with E-state index < -0.39 is 0 Å². The number of nitrogens with zero attached hydrogens (tertiary/aromatic N) is 3. The van der Waals surface area contributed by atoms with Crippen molar-refractivity contribution in [2.45, 2.75) is 39.2 Å². The average Bonchev–Trinajstić information content (AvgIpc) is 3.40. The molecule has 0 amide bonds. The van der Waals surface area contributed by atoms with Gasteiger partial charge in [0.05, 0.1) is 30.4 Å². The summed E-state index contributed by atoms with van der Waals surface area (Å²) in [4.78, 5) is 12.0. The highest BCUT2D eigenvalue weighted by Crippen LogP contribution is 2.27. The monoisotopic (exact) mass is 415 g/mol. The van der Waals surface area contributed by atoms with E-state index in [2.05, 4.69) is 51.0 Å². The van der Waals surface area contributed by atoms with E-state index in [4.69, 9.17) is 9.73 Å².